The molecule has 0 fully saturated rings. The van der Waals surface area contributed by atoms with E-state index in [9.17, 15) is 0 Å². The maximum atomic E-state index is 8.82. The van der Waals surface area contributed by atoms with Crippen LogP contribution in [0, 0.1) is 0 Å². The zero-order valence-electron chi connectivity index (χ0n) is 7.25. The molecule has 0 atom stereocenters. The van der Waals surface area contributed by atoms with E-state index in [2.05, 4.69) is 0 Å². The van der Waals surface area contributed by atoms with Crippen molar-refractivity contribution in [2.75, 3.05) is 0 Å². The van der Waals surface area contributed by atoms with Gasteiger partial charge in [-0.25, -0.2) is 0 Å². The van der Waals surface area contributed by atoms with Gasteiger partial charge in [-0.15, -0.1) is 0 Å². The third-order valence-corrected chi connectivity index (χ3v) is 0. The van der Waals surface area contributed by atoms with Crippen molar-refractivity contribution < 1.29 is 48.1 Å². The molecule has 0 saturated heterocycles. The van der Waals surface area contributed by atoms with Crippen molar-refractivity contribution in [3.8, 4) is 0 Å². The fraction of sp³-hybridized carbons (Fsp3) is 0. The molecule has 17 heavy (non-hydrogen) atoms. The summed E-state index contributed by atoms with van der Waals surface area (Å²) < 4.78 is 95.6. The molecule has 0 aromatic rings. The monoisotopic (exact) mass is 500 g/mol. The molecule has 12 nitrogen and oxygen atoms in total. The van der Waals surface area contributed by atoms with Gasteiger partial charge in [0, 0.05) is 19.8 Å². The van der Waals surface area contributed by atoms with E-state index in [1.54, 1.807) is 0 Å². The third-order valence-electron chi connectivity index (χ3n) is 0. The van der Waals surface area contributed by atoms with Gasteiger partial charge in [-0.3, -0.25) is 0 Å². The van der Waals surface area contributed by atoms with Gasteiger partial charge in [0.1, 0.15) is 0 Å². The molecule has 6 N–H and O–H groups in total. The van der Waals surface area contributed by atoms with Crippen LogP contribution in [0.25, 0.3) is 0 Å². The first-order chi connectivity index (χ1) is 6.00. The zero-order valence-corrected chi connectivity index (χ0v) is 14.2. The van der Waals surface area contributed by atoms with Gasteiger partial charge in [0.25, 0.3) is 0 Å². The van der Waals surface area contributed by atoms with Gasteiger partial charge in [-0.2, -0.15) is 0 Å². The zero-order chi connectivity index (χ0) is 13.5. The third kappa shape index (κ3) is 3980. The first-order valence-electron chi connectivity index (χ1n) is 2.10. The Bertz CT molecular complexity index is 341. The minimum atomic E-state index is -5.25. The summed E-state index contributed by atoms with van der Waals surface area (Å²) in [4.78, 5) is 0. The molecular weight excluding hydrogens is 491 g/mol. The molecule has 0 unspecified atom stereocenters. The fourth-order valence-electron chi connectivity index (χ4n) is 0. The first-order valence-corrected chi connectivity index (χ1v) is 10.9. The van der Waals surface area contributed by atoms with E-state index in [0.29, 0.717) is 0 Å². The van der Waals surface area contributed by atoms with Crippen molar-refractivity contribution in [3.63, 3.8) is 0 Å². The van der Waals surface area contributed by atoms with Gasteiger partial charge in [0.05, 0.1) is 0 Å². The van der Waals surface area contributed by atoms with Crippen LogP contribution in [0.15, 0.2) is 0 Å². The van der Waals surface area contributed by atoms with E-state index >= 15 is 0 Å². The minimum absolute atomic E-state index is 0. The standard InChI is InChI=1S/3H2O4Se.2P/c3*1-5(2,3)4;;/h3*(H2,1,2,3,4);;. The van der Waals surface area contributed by atoms with Crippen LogP contribution in [0.4, 0.5) is 0 Å². The van der Waals surface area contributed by atoms with Crippen molar-refractivity contribution in [2.45, 2.75) is 0 Å². The summed E-state index contributed by atoms with van der Waals surface area (Å²) in [7, 11) is 0. The molecule has 106 valence electrons. The molecule has 0 aliphatic rings. The second kappa shape index (κ2) is 12.0. The molecule has 0 rings (SSSR count). The molecule has 0 amide bonds. The normalized spacial score (nSPS) is 10.2. The van der Waals surface area contributed by atoms with Crippen molar-refractivity contribution >= 4 is 59.9 Å². The first kappa shape index (κ1) is 30.8. The molecule has 0 heterocycles. The molecule has 0 aromatic carbocycles. The van der Waals surface area contributed by atoms with Gasteiger partial charge in [0.2, 0.25) is 0 Å². The SMILES string of the molecule is O=[Se](=O)(O)O.O=[Se](=O)(O)O.O=[Se](=O)(O)O.[P].[P]. The van der Waals surface area contributed by atoms with E-state index in [1.807, 2.05) is 0 Å². The number of hydrogen-bond donors (Lipinski definition) is 6. The van der Waals surface area contributed by atoms with Crippen LogP contribution in [0.1, 0.15) is 0 Å². The van der Waals surface area contributed by atoms with Crippen molar-refractivity contribution in [1.29, 1.82) is 0 Å². The molecule has 0 saturated carbocycles. The second-order valence-electron chi connectivity index (χ2n) is 1.34. The summed E-state index contributed by atoms with van der Waals surface area (Å²) >= 11 is -15.8. The summed E-state index contributed by atoms with van der Waals surface area (Å²) in [6, 6.07) is 0. The summed E-state index contributed by atoms with van der Waals surface area (Å²) in [5, 5.41) is 0. The van der Waals surface area contributed by atoms with E-state index in [4.69, 9.17) is 48.1 Å². The van der Waals surface area contributed by atoms with Crippen LogP contribution in [0.2, 0.25) is 0 Å². The van der Waals surface area contributed by atoms with Crippen LogP contribution >= 0.6 is 19.8 Å². The molecule has 17 heteroatoms. The van der Waals surface area contributed by atoms with Crippen LogP contribution < -0.4 is 0 Å². The van der Waals surface area contributed by atoms with E-state index in [1.165, 1.54) is 0 Å². The molecule has 6 radical (unpaired) electrons. The number of rotatable bonds is 0. The van der Waals surface area contributed by atoms with Gasteiger partial charge in [-0.1, -0.05) is 0 Å². The van der Waals surface area contributed by atoms with Crippen LogP contribution in [-0.4, -0.2) is 65.2 Å². The van der Waals surface area contributed by atoms with E-state index in [0.717, 1.165) is 0 Å². The molecular formula is H6O12P2Se3. The van der Waals surface area contributed by atoms with E-state index < -0.39 is 40.1 Å². The fourth-order valence-corrected chi connectivity index (χ4v) is 0. The van der Waals surface area contributed by atoms with Crippen LogP contribution in [0.5, 0.6) is 0 Å². The molecule has 0 spiro atoms. The summed E-state index contributed by atoms with van der Waals surface area (Å²) in [6.07, 6.45) is 0. The van der Waals surface area contributed by atoms with Gasteiger partial charge in [-0.05, 0) is 0 Å². The maximum absolute atomic E-state index is 8.82. The summed E-state index contributed by atoms with van der Waals surface area (Å²) in [5.41, 5.74) is 0. The largest absolute Gasteiger partial charge is 0 e. The average molecular weight is 497 g/mol. The van der Waals surface area contributed by atoms with Crippen LogP contribution in [0.3, 0.4) is 0 Å². The quantitative estimate of drug-likeness (QED) is 0.142. The Kier molecular flexibility index (Phi) is 21.8. The average Bonchev–Trinajstić information content (AvgIpc) is 1.41. The Hall–Kier alpha value is 0.978. The predicted molar refractivity (Wildman–Crippen MR) is 48.5 cm³/mol. The Balaban J connectivity index is -0.0000000400. The maximum Gasteiger partial charge on any atom is 0 e. The van der Waals surface area contributed by atoms with Gasteiger partial charge in [0.15, 0.2) is 0 Å². The van der Waals surface area contributed by atoms with Crippen LogP contribution in [-0.2, 0) is 23.0 Å². The smallest absolute Gasteiger partial charge is 0 e. The summed E-state index contributed by atoms with van der Waals surface area (Å²) in [6.45, 7) is 0. The minimum Gasteiger partial charge on any atom is 0 e. The van der Waals surface area contributed by atoms with Crippen molar-refractivity contribution in [1.82, 2.24) is 0 Å². The van der Waals surface area contributed by atoms with Gasteiger partial charge >= 0.3 is 88.2 Å². The molecule has 0 aliphatic heterocycles. The Morgan fingerprint density at radius 3 is 0.412 bits per heavy atom. The molecule has 0 bridgehead atoms. The number of hydrogen-bond acceptors (Lipinski definition) is 6. The van der Waals surface area contributed by atoms with Gasteiger partial charge < -0.3 is 0 Å². The topological polar surface area (TPSA) is 224 Å². The van der Waals surface area contributed by atoms with Crippen molar-refractivity contribution in [3.05, 3.63) is 0 Å². The Morgan fingerprint density at radius 1 is 0.412 bits per heavy atom. The predicted octanol–water partition coefficient (Wildman–Crippen LogP) is -3.47. The Labute approximate surface area is 108 Å². The second-order valence-corrected chi connectivity index (χ2v) is 6.98. The molecule has 0 aromatic heterocycles. The Morgan fingerprint density at radius 2 is 0.412 bits per heavy atom. The van der Waals surface area contributed by atoms with E-state index in [-0.39, 0.29) is 19.8 Å². The van der Waals surface area contributed by atoms with Crippen molar-refractivity contribution in [2.24, 2.45) is 0 Å². The molecule has 0 aliphatic carbocycles. The summed E-state index contributed by atoms with van der Waals surface area (Å²) in [5.74, 6) is 0.